The number of anilines is 1. The zero-order chi connectivity index (χ0) is 20.0. The number of thioether (sulfide) groups is 2. The predicted octanol–water partition coefficient (Wildman–Crippen LogP) is -0.831. The Hall–Kier alpha value is -2.16. The van der Waals surface area contributed by atoms with Crippen LogP contribution in [0, 0.1) is 0 Å². The lowest BCUT2D eigenvalue weighted by atomic mass is 10.2. The third-order valence-corrected chi connectivity index (χ3v) is 6.30. The summed E-state index contributed by atoms with van der Waals surface area (Å²) in [6.07, 6.45) is 0. The Labute approximate surface area is 164 Å². The molecule has 0 saturated carbocycles. The first-order valence-corrected chi connectivity index (χ1v) is 10.1. The highest BCUT2D eigenvalue weighted by atomic mass is 32.2. The summed E-state index contributed by atoms with van der Waals surface area (Å²) in [6.45, 7) is 0.289. The van der Waals surface area contributed by atoms with Crippen molar-refractivity contribution in [3.05, 3.63) is 26.4 Å². The Balaban J connectivity index is 2.11. The lowest BCUT2D eigenvalue weighted by molar-refractivity contribution is -0.115. The second-order valence-corrected chi connectivity index (χ2v) is 8.39. The Morgan fingerprint density at radius 3 is 2.44 bits per heavy atom. The van der Waals surface area contributed by atoms with Gasteiger partial charge in [-0.25, -0.2) is 4.79 Å². The van der Waals surface area contributed by atoms with Crippen LogP contribution in [0.25, 0.3) is 0 Å². The molecule has 0 aliphatic heterocycles. The minimum atomic E-state index is -0.841. The number of Topliss-reactive ketones (excluding diaryl/α,β-unsaturated/α-hetero) is 1. The van der Waals surface area contributed by atoms with Crippen LogP contribution in [-0.2, 0) is 16.1 Å². The van der Waals surface area contributed by atoms with E-state index in [-0.39, 0.29) is 36.0 Å². The van der Waals surface area contributed by atoms with E-state index in [0.29, 0.717) is 8.68 Å². The number of hydrogen-bond acceptors (Lipinski definition) is 11. The summed E-state index contributed by atoms with van der Waals surface area (Å²) in [5.41, 5.74) is 9.08. The third kappa shape index (κ3) is 5.66. The highest BCUT2D eigenvalue weighted by molar-refractivity contribution is 8.03. The summed E-state index contributed by atoms with van der Waals surface area (Å²) in [5, 5.41) is 7.77. The minimum absolute atomic E-state index is 0.0765. The largest absolute Gasteiger partial charge is 0.384 e. The molecule has 2 aromatic heterocycles. The number of hydrogen-bond donors (Lipinski definition) is 3. The quantitative estimate of drug-likeness (QED) is 0.317. The van der Waals surface area contributed by atoms with Gasteiger partial charge in [-0.05, 0) is 0 Å². The van der Waals surface area contributed by atoms with Gasteiger partial charge in [0.15, 0.2) is 14.5 Å². The van der Waals surface area contributed by atoms with Gasteiger partial charge in [0.25, 0.3) is 5.56 Å². The van der Waals surface area contributed by atoms with E-state index in [2.05, 4.69) is 15.2 Å². The van der Waals surface area contributed by atoms with Crippen molar-refractivity contribution < 1.29 is 14.3 Å². The monoisotopic (exact) mass is 432 g/mol. The first-order valence-electron chi connectivity index (χ1n) is 7.35. The maximum absolute atomic E-state index is 12.4. The van der Waals surface area contributed by atoms with Crippen molar-refractivity contribution in [1.82, 2.24) is 19.7 Å². The topological polar surface area (TPSA) is 176 Å². The van der Waals surface area contributed by atoms with Crippen LogP contribution in [0.4, 0.5) is 5.82 Å². The lowest BCUT2D eigenvalue weighted by Gasteiger charge is -2.11. The van der Waals surface area contributed by atoms with Crippen LogP contribution in [0.2, 0.25) is 0 Å². The van der Waals surface area contributed by atoms with E-state index in [4.69, 9.17) is 16.2 Å². The van der Waals surface area contributed by atoms with Gasteiger partial charge in [0, 0.05) is 7.11 Å². The number of nitrogens with one attached hydrogen (secondary N) is 1. The molecule has 11 nitrogen and oxygen atoms in total. The number of nitrogens with two attached hydrogens (primary N) is 2. The molecule has 2 heterocycles. The van der Waals surface area contributed by atoms with Crippen molar-refractivity contribution in [3.63, 3.8) is 0 Å². The highest BCUT2D eigenvalue weighted by Crippen LogP contribution is 2.29. The van der Waals surface area contributed by atoms with Crippen LogP contribution in [0.1, 0.15) is 10.4 Å². The van der Waals surface area contributed by atoms with Gasteiger partial charge in [0.1, 0.15) is 11.4 Å². The van der Waals surface area contributed by atoms with E-state index in [0.717, 1.165) is 28.1 Å². The number of primary amides is 1. The van der Waals surface area contributed by atoms with E-state index in [1.165, 1.54) is 18.4 Å². The molecule has 0 aliphatic rings. The fraction of sp³-hybridized carbons (Fsp3) is 0.385. The van der Waals surface area contributed by atoms with E-state index >= 15 is 0 Å². The molecule has 0 saturated heterocycles. The minimum Gasteiger partial charge on any atom is -0.384 e. The van der Waals surface area contributed by atoms with Crippen LogP contribution in [0.5, 0.6) is 0 Å². The molecule has 5 N–H and O–H groups in total. The summed E-state index contributed by atoms with van der Waals surface area (Å²) in [6, 6.07) is 0. The summed E-state index contributed by atoms with van der Waals surface area (Å²) in [7, 11) is 1.45. The maximum Gasteiger partial charge on any atom is 0.330 e. The summed E-state index contributed by atoms with van der Waals surface area (Å²) < 4.78 is 6.98. The van der Waals surface area contributed by atoms with Crippen LogP contribution in [0.3, 0.4) is 0 Å². The van der Waals surface area contributed by atoms with Gasteiger partial charge in [-0.15, -0.1) is 10.2 Å². The number of H-pyrrole nitrogens is 1. The van der Waals surface area contributed by atoms with Gasteiger partial charge in [-0.3, -0.25) is 23.9 Å². The number of rotatable bonds is 10. The van der Waals surface area contributed by atoms with Crippen molar-refractivity contribution >= 4 is 52.4 Å². The summed E-state index contributed by atoms with van der Waals surface area (Å²) in [4.78, 5) is 49.1. The number of nitrogen functional groups attached to an aromatic ring is 1. The third-order valence-electron chi connectivity index (χ3n) is 3.09. The summed E-state index contributed by atoms with van der Waals surface area (Å²) >= 11 is 3.40. The van der Waals surface area contributed by atoms with Gasteiger partial charge < -0.3 is 16.2 Å². The molecule has 2 aromatic rings. The molecular weight excluding hydrogens is 416 g/mol. The van der Waals surface area contributed by atoms with E-state index in [1.54, 1.807) is 0 Å². The van der Waals surface area contributed by atoms with Crippen molar-refractivity contribution in [2.75, 3.05) is 31.0 Å². The van der Waals surface area contributed by atoms with Crippen LogP contribution in [0.15, 0.2) is 18.3 Å². The molecule has 0 fully saturated rings. The number of amides is 1. The van der Waals surface area contributed by atoms with Gasteiger partial charge >= 0.3 is 5.69 Å². The number of aromatic nitrogens is 4. The molecule has 0 aliphatic carbocycles. The fourth-order valence-electron chi connectivity index (χ4n) is 1.91. The van der Waals surface area contributed by atoms with Crippen molar-refractivity contribution in [3.8, 4) is 0 Å². The fourth-order valence-corrected chi connectivity index (χ4v) is 4.54. The normalized spacial score (nSPS) is 10.9. The molecule has 0 bridgehead atoms. The standard InChI is InChI=1S/C13H16N6O5S3/c1-24-3-2-19-9(15)8(10(22)16-11(19)23)6(20)4-25-12-17-18-13(27-12)26-5-7(14)21/h2-5,15H2,1H3,(H2,14,21)(H,16,22,23). The number of carbonyl (C=O) groups excluding carboxylic acids is 2. The number of methoxy groups -OCH3 is 1. The lowest BCUT2D eigenvalue weighted by Crippen LogP contribution is -2.37. The molecule has 0 spiro atoms. The highest BCUT2D eigenvalue weighted by Gasteiger charge is 2.20. The van der Waals surface area contributed by atoms with Crippen molar-refractivity contribution in [2.45, 2.75) is 15.2 Å². The molecule has 0 aromatic carbocycles. The number of ether oxygens (including phenoxy) is 1. The second kappa shape index (κ2) is 9.68. The molecule has 2 rings (SSSR count). The van der Waals surface area contributed by atoms with Crippen LogP contribution < -0.4 is 22.7 Å². The van der Waals surface area contributed by atoms with Gasteiger partial charge in [0.2, 0.25) is 5.91 Å². The maximum atomic E-state index is 12.4. The van der Waals surface area contributed by atoms with Gasteiger partial charge in [-0.1, -0.05) is 34.9 Å². The molecular formula is C13H16N6O5S3. The van der Waals surface area contributed by atoms with E-state index in [9.17, 15) is 19.2 Å². The van der Waals surface area contributed by atoms with Crippen molar-refractivity contribution in [2.24, 2.45) is 5.73 Å². The Bertz CT molecular complexity index is 953. The Morgan fingerprint density at radius 2 is 1.85 bits per heavy atom. The van der Waals surface area contributed by atoms with Gasteiger partial charge in [-0.2, -0.15) is 0 Å². The van der Waals surface area contributed by atoms with Crippen molar-refractivity contribution in [1.29, 1.82) is 0 Å². The zero-order valence-electron chi connectivity index (χ0n) is 14.1. The first kappa shape index (κ1) is 21.1. The smallest absolute Gasteiger partial charge is 0.330 e. The Kier molecular flexibility index (Phi) is 7.58. The zero-order valence-corrected chi connectivity index (χ0v) is 16.5. The molecule has 0 radical (unpaired) electrons. The molecule has 14 heteroatoms. The number of carbonyl (C=O) groups is 2. The Morgan fingerprint density at radius 1 is 1.22 bits per heavy atom. The summed E-state index contributed by atoms with van der Waals surface area (Å²) in [5.74, 6) is -1.27. The molecule has 27 heavy (non-hydrogen) atoms. The van der Waals surface area contributed by atoms with Crippen LogP contribution >= 0.6 is 34.9 Å². The number of ketones is 1. The molecule has 146 valence electrons. The molecule has 0 atom stereocenters. The molecule has 0 unspecified atom stereocenters. The van der Waals surface area contributed by atoms with E-state index in [1.807, 2.05) is 0 Å². The number of aromatic amines is 1. The average Bonchev–Trinajstić information content (AvgIpc) is 3.05. The second-order valence-electron chi connectivity index (χ2n) is 4.96. The first-order chi connectivity index (χ1) is 12.8. The SMILES string of the molecule is COCCn1c(N)c(C(=O)CSc2nnc(SCC(N)=O)s2)c(=O)[nH]c1=O. The average molecular weight is 433 g/mol. The molecule has 1 amide bonds. The number of nitrogens with zero attached hydrogens (tertiary/aromatic N) is 3. The van der Waals surface area contributed by atoms with Crippen LogP contribution in [-0.4, -0.2) is 56.7 Å². The van der Waals surface area contributed by atoms with Gasteiger partial charge in [0.05, 0.1) is 24.7 Å². The van der Waals surface area contributed by atoms with E-state index < -0.39 is 22.9 Å². The predicted molar refractivity (Wildman–Crippen MR) is 102 cm³/mol.